The molecule has 0 atom stereocenters. The van der Waals surface area contributed by atoms with Crippen LogP contribution in [0.3, 0.4) is 0 Å². The maximum absolute atomic E-state index is 12.4. The zero-order valence-corrected chi connectivity index (χ0v) is 15.5. The van der Waals surface area contributed by atoms with Crippen molar-refractivity contribution in [1.82, 2.24) is 4.98 Å². The molecule has 0 aliphatic rings. The number of hydrogen-bond donors (Lipinski definition) is 1. The first kappa shape index (κ1) is 17.4. The molecule has 1 heterocycles. The Bertz CT molecular complexity index is 912. The molecule has 2 aromatic carbocycles. The molecule has 3 nitrogen and oxygen atoms in total. The second-order valence-electron chi connectivity index (χ2n) is 5.67. The first-order valence-corrected chi connectivity index (χ1v) is 9.00. The van der Waals surface area contributed by atoms with E-state index < -0.39 is 0 Å². The maximum atomic E-state index is 12.4. The number of aryl methyl sites for hydroxylation is 2. The number of thiazole rings is 1. The van der Waals surface area contributed by atoms with Crippen LogP contribution in [0.15, 0.2) is 54.6 Å². The molecule has 3 aromatic rings. The lowest BCUT2D eigenvalue weighted by Crippen LogP contribution is -1.93. The van der Waals surface area contributed by atoms with Crippen LogP contribution < -0.4 is 5.32 Å². The number of aromatic nitrogens is 1. The Hall–Kier alpha value is -2.43. The van der Waals surface area contributed by atoms with Gasteiger partial charge in [-0.1, -0.05) is 58.8 Å². The second-order valence-corrected chi connectivity index (χ2v) is 7.11. The number of carbonyl (C=O) groups is 1. The summed E-state index contributed by atoms with van der Waals surface area (Å²) in [5.74, 6) is -0.0538. The van der Waals surface area contributed by atoms with Gasteiger partial charge in [0.15, 0.2) is 10.9 Å². The highest BCUT2D eigenvalue weighted by molar-refractivity contribution is 7.17. The second kappa shape index (κ2) is 7.64. The van der Waals surface area contributed by atoms with E-state index >= 15 is 0 Å². The molecule has 0 fully saturated rings. The maximum Gasteiger partial charge on any atom is 0.197 e. The van der Waals surface area contributed by atoms with E-state index in [1.54, 1.807) is 24.3 Å². The van der Waals surface area contributed by atoms with Crippen molar-refractivity contribution in [3.05, 3.63) is 81.3 Å². The van der Waals surface area contributed by atoms with Crippen LogP contribution in [0.2, 0.25) is 5.02 Å². The molecule has 0 aliphatic heterocycles. The number of benzene rings is 2. The predicted octanol–water partition coefficient (Wildman–Crippen LogP) is 6.05. The number of rotatable bonds is 5. The monoisotopic (exact) mass is 368 g/mol. The Balaban J connectivity index is 1.73. The van der Waals surface area contributed by atoms with Crippen molar-refractivity contribution >= 4 is 45.6 Å². The number of allylic oxidation sites excluding steroid dienone is 1. The van der Waals surface area contributed by atoms with E-state index in [1.807, 2.05) is 50.2 Å². The standard InChI is InChI=1S/C20H17ClN2OS/c1-13-3-10-17(11-4-13)23-20-22-14(2)19(25-20)18(24)12-7-15-5-8-16(21)9-6-15/h3-12H,1-2H3,(H,22,23)/b12-7+. The molecule has 0 unspecified atom stereocenters. The van der Waals surface area contributed by atoms with Gasteiger partial charge in [-0.2, -0.15) is 0 Å². The van der Waals surface area contributed by atoms with E-state index in [9.17, 15) is 4.79 Å². The van der Waals surface area contributed by atoms with Crippen molar-refractivity contribution in [2.75, 3.05) is 5.32 Å². The van der Waals surface area contributed by atoms with E-state index in [0.29, 0.717) is 15.0 Å². The molecule has 0 aliphatic carbocycles. The third-order valence-corrected chi connectivity index (χ3v) is 4.96. The van der Waals surface area contributed by atoms with Crippen LogP contribution in [-0.2, 0) is 0 Å². The summed E-state index contributed by atoms with van der Waals surface area (Å²) in [6, 6.07) is 15.4. The van der Waals surface area contributed by atoms with Gasteiger partial charge >= 0.3 is 0 Å². The molecule has 126 valence electrons. The molecule has 0 saturated carbocycles. The average molecular weight is 369 g/mol. The summed E-state index contributed by atoms with van der Waals surface area (Å²) in [6.07, 6.45) is 3.35. The van der Waals surface area contributed by atoms with Crippen LogP contribution in [0.1, 0.15) is 26.5 Å². The highest BCUT2D eigenvalue weighted by Gasteiger charge is 2.13. The van der Waals surface area contributed by atoms with Crippen molar-refractivity contribution in [3.63, 3.8) is 0 Å². The third kappa shape index (κ3) is 4.56. The Morgan fingerprint density at radius 1 is 1.08 bits per heavy atom. The van der Waals surface area contributed by atoms with Crippen molar-refractivity contribution in [3.8, 4) is 0 Å². The summed E-state index contributed by atoms with van der Waals surface area (Å²) in [4.78, 5) is 17.5. The first-order chi connectivity index (χ1) is 12.0. The lowest BCUT2D eigenvalue weighted by molar-refractivity contribution is 0.105. The van der Waals surface area contributed by atoms with Crippen LogP contribution in [0.4, 0.5) is 10.8 Å². The van der Waals surface area contributed by atoms with Crippen LogP contribution in [0, 0.1) is 13.8 Å². The van der Waals surface area contributed by atoms with Gasteiger partial charge in [-0.3, -0.25) is 4.79 Å². The zero-order chi connectivity index (χ0) is 17.8. The van der Waals surface area contributed by atoms with Crippen LogP contribution >= 0.6 is 22.9 Å². The SMILES string of the molecule is Cc1ccc(Nc2nc(C)c(C(=O)/C=C/c3ccc(Cl)cc3)s2)cc1. The van der Waals surface area contributed by atoms with E-state index in [-0.39, 0.29) is 5.78 Å². The minimum atomic E-state index is -0.0538. The molecule has 0 amide bonds. The molecular formula is C20H17ClN2OS. The van der Waals surface area contributed by atoms with Gasteiger partial charge in [0.1, 0.15) is 0 Å². The molecule has 3 rings (SSSR count). The normalized spacial score (nSPS) is 11.0. The van der Waals surface area contributed by atoms with Gasteiger partial charge in [0.05, 0.1) is 10.6 Å². The Labute approximate surface area is 156 Å². The molecule has 0 saturated heterocycles. The molecule has 1 N–H and O–H groups in total. The molecule has 0 bridgehead atoms. The quantitative estimate of drug-likeness (QED) is 0.440. The minimum absolute atomic E-state index is 0.0538. The number of hydrogen-bond acceptors (Lipinski definition) is 4. The molecule has 5 heteroatoms. The largest absolute Gasteiger partial charge is 0.332 e. The number of nitrogens with zero attached hydrogens (tertiary/aromatic N) is 1. The van der Waals surface area contributed by atoms with Crippen molar-refractivity contribution < 1.29 is 4.79 Å². The summed E-state index contributed by atoms with van der Waals surface area (Å²) >= 11 is 7.22. The van der Waals surface area contributed by atoms with E-state index in [4.69, 9.17) is 11.6 Å². The van der Waals surface area contributed by atoms with Crippen LogP contribution in [0.5, 0.6) is 0 Å². The summed E-state index contributed by atoms with van der Waals surface area (Å²) in [5.41, 5.74) is 3.81. The summed E-state index contributed by atoms with van der Waals surface area (Å²) < 4.78 is 0. The smallest absolute Gasteiger partial charge is 0.197 e. The summed E-state index contributed by atoms with van der Waals surface area (Å²) in [7, 11) is 0. The number of nitrogens with one attached hydrogen (secondary N) is 1. The molecule has 1 aromatic heterocycles. The van der Waals surface area contributed by atoms with Crippen LogP contribution in [0.25, 0.3) is 6.08 Å². The topological polar surface area (TPSA) is 42.0 Å². The molecule has 0 radical (unpaired) electrons. The number of carbonyl (C=O) groups excluding carboxylic acids is 1. The van der Waals surface area contributed by atoms with Crippen molar-refractivity contribution in [1.29, 1.82) is 0 Å². The molecule has 25 heavy (non-hydrogen) atoms. The van der Waals surface area contributed by atoms with Gasteiger partial charge in [-0.25, -0.2) is 4.98 Å². The summed E-state index contributed by atoms with van der Waals surface area (Å²) in [5, 5.41) is 4.63. The number of halogens is 1. The Morgan fingerprint density at radius 3 is 2.44 bits per heavy atom. The van der Waals surface area contributed by atoms with Gasteiger partial charge in [0.25, 0.3) is 0 Å². The van der Waals surface area contributed by atoms with Crippen molar-refractivity contribution in [2.24, 2.45) is 0 Å². The third-order valence-electron chi connectivity index (χ3n) is 3.62. The van der Waals surface area contributed by atoms with Crippen molar-refractivity contribution in [2.45, 2.75) is 13.8 Å². The average Bonchev–Trinajstić information content (AvgIpc) is 2.96. The first-order valence-electron chi connectivity index (χ1n) is 7.80. The fourth-order valence-corrected chi connectivity index (χ4v) is 3.29. The fourth-order valence-electron chi connectivity index (χ4n) is 2.26. The van der Waals surface area contributed by atoms with Gasteiger partial charge in [0, 0.05) is 10.7 Å². The van der Waals surface area contributed by atoms with Gasteiger partial charge in [-0.05, 0) is 49.8 Å². The van der Waals surface area contributed by atoms with E-state index in [0.717, 1.165) is 16.9 Å². The summed E-state index contributed by atoms with van der Waals surface area (Å²) in [6.45, 7) is 3.89. The number of anilines is 2. The van der Waals surface area contributed by atoms with E-state index in [1.165, 1.54) is 16.9 Å². The Morgan fingerprint density at radius 2 is 1.76 bits per heavy atom. The van der Waals surface area contributed by atoms with Gasteiger partial charge in [0.2, 0.25) is 0 Å². The highest BCUT2D eigenvalue weighted by atomic mass is 35.5. The van der Waals surface area contributed by atoms with Gasteiger partial charge in [-0.15, -0.1) is 0 Å². The lowest BCUT2D eigenvalue weighted by Gasteiger charge is -2.01. The minimum Gasteiger partial charge on any atom is -0.332 e. The van der Waals surface area contributed by atoms with Gasteiger partial charge < -0.3 is 5.32 Å². The fraction of sp³-hybridized carbons (Fsp3) is 0.100. The van der Waals surface area contributed by atoms with E-state index in [2.05, 4.69) is 10.3 Å². The predicted molar refractivity (Wildman–Crippen MR) is 106 cm³/mol. The molecule has 0 spiro atoms. The lowest BCUT2D eigenvalue weighted by atomic mass is 10.2. The molecular weight excluding hydrogens is 352 g/mol. The highest BCUT2D eigenvalue weighted by Crippen LogP contribution is 2.26. The Kier molecular flexibility index (Phi) is 5.31. The zero-order valence-electron chi connectivity index (χ0n) is 13.9. The van der Waals surface area contributed by atoms with Crippen LogP contribution in [-0.4, -0.2) is 10.8 Å². The number of ketones is 1.